The molecule has 0 aromatic heterocycles. The summed E-state index contributed by atoms with van der Waals surface area (Å²) in [5.74, 6) is -1.05. The monoisotopic (exact) mass is 857 g/mol. The Morgan fingerprint density at radius 1 is 0.355 bits per heavy atom. The standard InChI is InChI=1S/C56H88O6/c1-4-7-10-13-16-19-22-25-27-28-30-31-34-37-40-43-46-49-55(58)61-52-53(51-60-54(57)48-45-42-39-36-33-24-21-18-15-12-9-6-3)62-56(59)50-47-44-41-38-35-32-29-26-23-20-17-14-11-8-5-2/h8-9,11-12,14,17-18,20-21,23,25-27,29-31,33,36-37,40,53H,4-7,10,13,15-16,19,22,24,28,32,34-35,38-39,41-52H2,1-3H3/b11-8-,12-9-,17-14-,21-18-,23-20-,27-25-,29-26-,31-30-,36-33-,40-37-. The van der Waals surface area contributed by atoms with Gasteiger partial charge in [-0.05, 0) is 103 Å². The molecule has 1 atom stereocenters. The van der Waals surface area contributed by atoms with Crippen LogP contribution in [0.3, 0.4) is 0 Å². The van der Waals surface area contributed by atoms with Gasteiger partial charge in [0.05, 0.1) is 0 Å². The van der Waals surface area contributed by atoms with E-state index in [1.54, 1.807) is 0 Å². The molecule has 6 nitrogen and oxygen atoms in total. The van der Waals surface area contributed by atoms with Crippen molar-refractivity contribution < 1.29 is 28.6 Å². The van der Waals surface area contributed by atoms with Crippen LogP contribution in [0, 0.1) is 0 Å². The van der Waals surface area contributed by atoms with Crippen molar-refractivity contribution in [3.8, 4) is 0 Å². The molecule has 0 aromatic carbocycles. The maximum absolute atomic E-state index is 12.8. The number of unbranched alkanes of at least 4 members (excludes halogenated alkanes) is 14. The Hall–Kier alpha value is -4.19. The number of hydrogen-bond acceptors (Lipinski definition) is 6. The molecule has 0 saturated carbocycles. The van der Waals surface area contributed by atoms with Gasteiger partial charge in [-0.15, -0.1) is 0 Å². The summed E-state index contributed by atoms with van der Waals surface area (Å²) in [6.07, 6.45) is 67.6. The van der Waals surface area contributed by atoms with Gasteiger partial charge in [0.15, 0.2) is 6.10 Å². The Balaban J connectivity index is 4.57. The van der Waals surface area contributed by atoms with E-state index in [2.05, 4.69) is 118 Å². The summed E-state index contributed by atoms with van der Waals surface area (Å²) < 4.78 is 16.7. The first-order valence-corrected chi connectivity index (χ1v) is 24.6. The summed E-state index contributed by atoms with van der Waals surface area (Å²) in [4.78, 5) is 37.9. The van der Waals surface area contributed by atoms with Crippen LogP contribution in [0.1, 0.15) is 194 Å². The van der Waals surface area contributed by atoms with E-state index in [-0.39, 0.29) is 44.0 Å². The Morgan fingerprint density at radius 3 is 1.27 bits per heavy atom. The van der Waals surface area contributed by atoms with Crippen LogP contribution in [0.4, 0.5) is 0 Å². The van der Waals surface area contributed by atoms with E-state index >= 15 is 0 Å². The molecule has 62 heavy (non-hydrogen) atoms. The molecule has 0 amide bonds. The van der Waals surface area contributed by atoms with Crippen LogP contribution in [-0.4, -0.2) is 37.2 Å². The minimum Gasteiger partial charge on any atom is -0.462 e. The van der Waals surface area contributed by atoms with Crippen molar-refractivity contribution in [3.63, 3.8) is 0 Å². The van der Waals surface area contributed by atoms with E-state index in [0.717, 1.165) is 96.3 Å². The van der Waals surface area contributed by atoms with E-state index < -0.39 is 6.10 Å². The second kappa shape index (κ2) is 49.5. The lowest BCUT2D eigenvalue weighted by molar-refractivity contribution is -0.167. The number of carbonyl (C=O) groups is 3. The molecular weight excluding hydrogens is 769 g/mol. The first-order valence-electron chi connectivity index (χ1n) is 24.6. The zero-order valence-electron chi connectivity index (χ0n) is 39.6. The van der Waals surface area contributed by atoms with E-state index in [1.807, 2.05) is 24.3 Å². The predicted octanol–water partition coefficient (Wildman–Crippen LogP) is 16.1. The summed E-state index contributed by atoms with van der Waals surface area (Å²) in [5.41, 5.74) is 0. The number of esters is 3. The molecule has 0 aliphatic carbocycles. The van der Waals surface area contributed by atoms with Crippen LogP contribution in [-0.2, 0) is 28.6 Å². The van der Waals surface area contributed by atoms with Crippen LogP contribution in [0.15, 0.2) is 122 Å². The lowest BCUT2D eigenvalue weighted by Crippen LogP contribution is -2.30. The van der Waals surface area contributed by atoms with Gasteiger partial charge in [0.1, 0.15) is 13.2 Å². The Morgan fingerprint density at radius 2 is 0.726 bits per heavy atom. The molecular formula is C56H88O6. The average Bonchev–Trinajstić information content (AvgIpc) is 3.27. The first kappa shape index (κ1) is 57.8. The second-order valence-corrected chi connectivity index (χ2v) is 15.7. The van der Waals surface area contributed by atoms with Crippen molar-refractivity contribution in [3.05, 3.63) is 122 Å². The lowest BCUT2D eigenvalue weighted by atomic mass is 10.1. The number of rotatable bonds is 42. The molecule has 0 aliphatic rings. The minimum atomic E-state index is -0.829. The fourth-order valence-electron chi connectivity index (χ4n) is 6.13. The van der Waals surface area contributed by atoms with Crippen LogP contribution in [0.25, 0.3) is 0 Å². The SMILES string of the molecule is CC\C=C/C=C\C=C/C=C\CCCCCCCC(=O)OC(COC(=O)CCC/C=C\C/C=C\C/C=C\CCCCCCCC)COC(=O)CCCC/C=C\C/C=C\C/C=C\CC. The van der Waals surface area contributed by atoms with Gasteiger partial charge in [-0.1, -0.05) is 194 Å². The summed E-state index contributed by atoms with van der Waals surface area (Å²) in [7, 11) is 0. The molecule has 0 saturated heterocycles. The fraction of sp³-hybridized carbons (Fsp3) is 0.589. The quantitative estimate of drug-likeness (QED) is 0.0200. The summed E-state index contributed by atoms with van der Waals surface area (Å²) in [6.45, 7) is 6.25. The highest BCUT2D eigenvalue weighted by Gasteiger charge is 2.19. The molecule has 348 valence electrons. The Labute approximate surface area is 380 Å². The Kier molecular flexibility index (Phi) is 46.1. The highest BCUT2D eigenvalue weighted by Crippen LogP contribution is 2.12. The molecule has 0 N–H and O–H groups in total. The van der Waals surface area contributed by atoms with E-state index in [1.165, 1.54) is 44.9 Å². The van der Waals surface area contributed by atoms with Gasteiger partial charge in [-0.25, -0.2) is 0 Å². The molecule has 0 aromatic rings. The third kappa shape index (κ3) is 46.9. The highest BCUT2D eigenvalue weighted by molar-refractivity contribution is 5.71. The van der Waals surface area contributed by atoms with Gasteiger partial charge in [0.25, 0.3) is 0 Å². The molecule has 1 unspecified atom stereocenters. The Bertz CT molecular complexity index is 1350. The van der Waals surface area contributed by atoms with Gasteiger partial charge < -0.3 is 14.2 Å². The zero-order valence-corrected chi connectivity index (χ0v) is 39.6. The smallest absolute Gasteiger partial charge is 0.306 e. The highest BCUT2D eigenvalue weighted by atomic mass is 16.6. The normalized spacial score (nSPS) is 13.1. The number of hydrogen-bond donors (Lipinski definition) is 0. The molecule has 0 spiro atoms. The van der Waals surface area contributed by atoms with Crippen molar-refractivity contribution in [1.29, 1.82) is 0 Å². The van der Waals surface area contributed by atoms with E-state index in [0.29, 0.717) is 19.3 Å². The van der Waals surface area contributed by atoms with Crippen molar-refractivity contribution in [2.45, 2.75) is 200 Å². The average molecular weight is 857 g/mol. The molecule has 0 rings (SSSR count). The predicted molar refractivity (Wildman–Crippen MR) is 265 cm³/mol. The number of carbonyl (C=O) groups excluding carboxylic acids is 3. The van der Waals surface area contributed by atoms with Crippen LogP contribution in [0.2, 0.25) is 0 Å². The third-order valence-electron chi connectivity index (χ3n) is 9.78. The van der Waals surface area contributed by atoms with Crippen molar-refractivity contribution in [2.24, 2.45) is 0 Å². The van der Waals surface area contributed by atoms with Crippen LogP contribution in [0.5, 0.6) is 0 Å². The summed E-state index contributed by atoms with van der Waals surface area (Å²) >= 11 is 0. The van der Waals surface area contributed by atoms with Crippen molar-refractivity contribution >= 4 is 17.9 Å². The maximum atomic E-state index is 12.8. The van der Waals surface area contributed by atoms with Crippen molar-refractivity contribution in [2.75, 3.05) is 13.2 Å². The topological polar surface area (TPSA) is 78.9 Å². The van der Waals surface area contributed by atoms with E-state index in [9.17, 15) is 14.4 Å². The molecule has 0 fully saturated rings. The maximum Gasteiger partial charge on any atom is 0.306 e. The minimum absolute atomic E-state index is 0.127. The molecule has 0 heterocycles. The molecule has 0 radical (unpaired) electrons. The summed E-state index contributed by atoms with van der Waals surface area (Å²) in [6, 6.07) is 0. The zero-order chi connectivity index (χ0) is 45.1. The van der Waals surface area contributed by atoms with Crippen LogP contribution < -0.4 is 0 Å². The van der Waals surface area contributed by atoms with Gasteiger partial charge >= 0.3 is 17.9 Å². The first-order chi connectivity index (χ1) is 30.5. The van der Waals surface area contributed by atoms with Gasteiger partial charge in [0, 0.05) is 19.3 Å². The van der Waals surface area contributed by atoms with E-state index in [4.69, 9.17) is 14.2 Å². The largest absolute Gasteiger partial charge is 0.462 e. The third-order valence-corrected chi connectivity index (χ3v) is 9.78. The molecule has 6 heteroatoms. The van der Waals surface area contributed by atoms with Crippen molar-refractivity contribution in [1.82, 2.24) is 0 Å². The number of allylic oxidation sites excluding steroid dienone is 20. The molecule has 0 bridgehead atoms. The fourth-order valence-corrected chi connectivity index (χ4v) is 6.13. The lowest BCUT2D eigenvalue weighted by Gasteiger charge is -2.18. The van der Waals surface area contributed by atoms with Crippen LogP contribution >= 0.6 is 0 Å². The van der Waals surface area contributed by atoms with Gasteiger partial charge in [-0.3, -0.25) is 14.4 Å². The second-order valence-electron chi connectivity index (χ2n) is 15.7. The molecule has 0 aliphatic heterocycles. The summed E-state index contributed by atoms with van der Waals surface area (Å²) in [5, 5.41) is 0. The number of ether oxygens (including phenoxy) is 3. The van der Waals surface area contributed by atoms with Gasteiger partial charge in [-0.2, -0.15) is 0 Å². The van der Waals surface area contributed by atoms with Gasteiger partial charge in [0.2, 0.25) is 0 Å².